The third-order valence-electron chi connectivity index (χ3n) is 3.52. The predicted octanol–water partition coefficient (Wildman–Crippen LogP) is 4.11. The standard InChI is InChI=1S/C18H21F2N3/c1-11-6-12(2)8-15(7-11)23-18(21)22-10-13(3)16-5-4-14(19)9-17(16)20/h4-9,13H,10H2,1-3H3,(H3,21,22,23). The number of nitrogens with zero attached hydrogens (tertiary/aromatic N) is 1. The molecule has 2 aromatic rings. The highest BCUT2D eigenvalue weighted by Crippen LogP contribution is 2.20. The third-order valence-corrected chi connectivity index (χ3v) is 3.52. The van der Waals surface area contributed by atoms with E-state index in [2.05, 4.69) is 16.4 Å². The Balaban J connectivity index is 2.03. The van der Waals surface area contributed by atoms with Gasteiger partial charge in [0.05, 0.1) is 0 Å². The monoisotopic (exact) mass is 317 g/mol. The molecule has 1 atom stereocenters. The van der Waals surface area contributed by atoms with Crippen molar-refractivity contribution in [2.45, 2.75) is 26.7 Å². The average Bonchev–Trinajstić information content (AvgIpc) is 2.43. The fourth-order valence-electron chi connectivity index (χ4n) is 2.47. The van der Waals surface area contributed by atoms with Gasteiger partial charge in [-0.1, -0.05) is 19.1 Å². The number of benzene rings is 2. The lowest BCUT2D eigenvalue weighted by Gasteiger charge is -2.12. The van der Waals surface area contributed by atoms with Crippen molar-refractivity contribution in [2.24, 2.45) is 10.7 Å². The normalized spacial score (nSPS) is 13.0. The second-order valence-electron chi connectivity index (χ2n) is 5.79. The van der Waals surface area contributed by atoms with Crippen molar-refractivity contribution < 1.29 is 8.78 Å². The van der Waals surface area contributed by atoms with Crippen molar-refractivity contribution >= 4 is 11.6 Å². The van der Waals surface area contributed by atoms with E-state index in [4.69, 9.17) is 5.73 Å². The van der Waals surface area contributed by atoms with E-state index in [0.717, 1.165) is 22.9 Å². The number of aliphatic imine (C=N–C) groups is 1. The molecule has 0 amide bonds. The Morgan fingerprint density at radius 2 is 1.78 bits per heavy atom. The summed E-state index contributed by atoms with van der Waals surface area (Å²) in [7, 11) is 0. The first-order chi connectivity index (χ1) is 10.8. The van der Waals surface area contributed by atoms with Gasteiger partial charge in [-0.2, -0.15) is 0 Å². The van der Waals surface area contributed by atoms with E-state index in [1.54, 1.807) is 0 Å². The Bertz CT molecular complexity index is 706. The lowest BCUT2D eigenvalue weighted by atomic mass is 10.0. The van der Waals surface area contributed by atoms with Gasteiger partial charge < -0.3 is 11.1 Å². The molecule has 2 aromatic carbocycles. The van der Waals surface area contributed by atoms with Crippen molar-refractivity contribution in [2.75, 3.05) is 11.9 Å². The van der Waals surface area contributed by atoms with Gasteiger partial charge in [-0.3, -0.25) is 4.99 Å². The summed E-state index contributed by atoms with van der Waals surface area (Å²) in [6.07, 6.45) is 0. The molecule has 0 bridgehead atoms. The Morgan fingerprint density at radius 3 is 2.39 bits per heavy atom. The summed E-state index contributed by atoms with van der Waals surface area (Å²) in [5, 5.41) is 3.03. The predicted molar refractivity (Wildman–Crippen MR) is 90.8 cm³/mol. The van der Waals surface area contributed by atoms with Gasteiger partial charge in [0.1, 0.15) is 11.6 Å². The van der Waals surface area contributed by atoms with E-state index >= 15 is 0 Å². The third kappa shape index (κ3) is 4.77. The van der Waals surface area contributed by atoms with Gasteiger partial charge in [-0.25, -0.2) is 8.78 Å². The van der Waals surface area contributed by atoms with Crippen molar-refractivity contribution in [1.82, 2.24) is 0 Å². The molecular weight excluding hydrogens is 296 g/mol. The number of rotatable bonds is 4. The Labute approximate surface area is 135 Å². The maximum atomic E-state index is 13.7. The van der Waals surface area contributed by atoms with E-state index in [1.807, 2.05) is 32.9 Å². The second-order valence-corrected chi connectivity index (χ2v) is 5.79. The minimum Gasteiger partial charge on any atom is -0.370 e. The SMILES string of the molecule is Cc1cc(C)cc(NC(N)=NCC(C)c2ccc(F)cc2F)c1. The summed E-state index contributed by atoms with van der Waals surface area (Å²) in [6, 6.07) is 9.58. The molecule has 3 N–H and O–H groups in total. The first-order valence-electron chi connectivity index (χ1n) is 7.45. The number of hydrogen-bond acceptors (Lipinski definition) is 1. The maximum Gasteiger partial charge on any atom is 0.193 e. The lowest BCUT2D eigenvalue weighted by Crippen LogP contribution is -2.23. The van der Waals surface area contributed by atoms with Gasteiger partial charge in [-0.05, 0) is 48.7 Å². The molecule has 0 saturated carbocycles. The molecule has 0 aliphatic heterocycles. The van der Waals surface area contributed by atoms with E-state index in [9.17, 15) is 8.78 Å². The first kappa shape index (κ1) is 16.9. The molecule has 0 fully saturated rings. The average molecular weight is 317 g/mol. The van der Waals surface area contributed by atoms with Gasteiger partial charge in [0.2, 0.25) is 0 Å². The van der Waals surface area contributed by atoms with Crippen LogP contribution in [-0.4, -0.2) is 12.5 Å². The summed E-state index contributed by atoms with van der Waals surface area (Å²) in [6.45, 7) is 6.14. The maximum absolute atomic E-state index is 13.7. The minimum absolute atomic E-state index is 0.199. The van der Waals surface area contributed by atoms with Crippen LogP contribution in [0.1, 0.15) is 29.5 Å². The second kappa shape index (κ2) is 7.22. The van der Waals surface area contributed by atoms with Gasteiger partial charge in [0.25, 0.3) is 0 Å². The molecule has 0 aromatic heterocycles. The molecule has 0 aliphatic rings. The summed E-state index contributed by atoms with van der Waals surface area (Å²) < 4.78 is 26.7. The number of nitrogens with one attached hydrogen (secondary N) is 1. The number of anilines is 1. The Kier molecular flexibility index (Phi) is 5.32. The van der Waals surface area contributed by atoms with Crippen molar-refractivity contribution in [3.05, 3.63) is 64.7 Å². The number of guanidine groups is 1. The van der Waals surface area contributed by atoms with Crippen LogP contribution in [-0.2, 0) is 0 Å². The van der Waals surface area contributed by atoms with E-state index < -0.39 is 11.6 Å². The number of nitrogens with two attached hydrogens (primary N) is 1. The van der Waals surface area contributed by atoms with Crippen LogP contribution >= 0.6 is 0 Å². The number of hydrogen-bond donors (Lipinski definition) is 2. The lowest BCUT2D eigenvalue weighted by molar-refractivity contribution is 0.560. The Morgan fingerprint density at radius 1 is 1.13 bits per heavy atom. The van der Waals surface area contributed by atoms with Crippen LogP contribution in [0.5, 0.6) is 0 Å². The highest BCUT2D eigenvalue weighted by molar-refractivity contribution is 5.92. The van der Waals surface area contributed by atoms with Crippen LogP contribution in [0, 0.1) is 25.5 Å². The summed E-state index contributed by atoms with van der Waals surface area (Å²) in [5.41, 5.74) is 9.42. The summed E-state index contributed by atoms with van der Waals surface area (Å²) in [5.74, 6) is -1.08. The van der Waals surface area contributed by atoms with Gasteiger partial charge in [0.15, 0.2) is 5.96 Å². The summed E-state index contributed by atoms with van der Waals surface area (Å²) in [4.78, 5) is 4.24. The number of aryl methyl sites for hydroxylation is 2. The van der Waals surface area contributed by atoms with Crippen LogP contribution in [0.15, 0.2) is 41.4 Å². The smallest absolute Gasteiger partial charge is 0.193 e. The fourth-order valence-corrected chi connectivity index (χ4v) is 2.47. The van der Waals surface area contributed by atoms with Gasteiger partial charge >= 0.3 is 0 Å². The fraction of sp³-hybridized carbons (Fsp3) is 0.278. The van der Waals surface area contributed by atoms with Crippen LogP contribution in [0.2, 0.25) is 0 Å². The molecule has 0 radical (unpaired) electrons. The Hall–Kier alpha value is -2.43. The first-order valence-corrected chi connectivity index (χ1v) is 7.45. The molecule has 2 rings (SSSR count). The molecule has 23 heavy (non-hydrogen) atoms. The van der Waals surface area contributed by atoms with Crippen LogP contribution in [0.4, 0.5) is 14.5 Å². The van der Waals surface area contributed by atoms with Crippen LogP contribution in [0.25, 0.3) is 0 Å². The van der Waals surface area contributed by atoms with Crippen molar-refractivity contribution in [3.63, 3.8) is 0 Å². The molecule has 0 saturated heterocycles. The quantitative estimate of drug-likeness (QED) is 0.658. The topological polar surface area (TPSA) is 50.4 Å². The van der Waals surface area contributed by atoms with E-state index in [-0.39, 0.29) is 11.9 Å². The molecule has 3 nitrogen and oxygen atoms in total. The highest BCUT2D eigenvalue weighted by Gasteiger charge is 2.11. The molecule has 0 heterocycles. The minimum atomic E-state index is -0.585. The van der Waals surface area contributed by atoms with Crippen LogP contribution < -0.4 is 11.1 Å². The van der Waals surface area contributed by atoms with E-state index in [0.29, 0.717) is 12.1 Å². The molecule has 1 unspecified atom stereocenters. The molecule has 122 valence electrons. The van der Waals surface area contributed by atoms with Crippen LogP contribution in [0.3, 0.4) is 0 Å². The summed E-state index contributed by atoms with van der Waals surface area (Å²) >= 11 is 0. The van der Waals surface area contributed by atoms with E-state index in [1.165, 1.54) is 12.1 Å². The zero-order valence-corrected chi connectivity index (χ0v) is 13.5. The molecular formula is C18H21F2N3. The van der Waals surface area contributed by atoms with Crippen molar-refractivity contribution in [3.8, 4) is 0 Å². The van der Waals surface area contributed by atoms with Gasteiger partial charge in [-0.15, -0.1) is 0 Å². The molecule has 0 spiro atoms. The van der Waals surface area contributed by atoms with Crippen molar-refractivity contribution in [1.29, 1.82) is 0 Å². The zero-order valence-electron chi connectivity index (χ0n) is 13.5. The molecule has 0 aliphatic carbocycles. The largest absolute Gasteiger partial charge is 0.370 e. The number of halogens is 2. The zero-order chi connectivity index (χ0) is 17.0. The van der Waals surface area contributed by atoms with Gasteiger partial charge in [0, 0.05) is 24.2 Å². The highest BCUT2D eigenvalue weighted by atomic mass is 19.1. The molecule has 5 heteroatoms.